The summed E-state index contributed by atoms with van der Waals surface area (Å²) < 4.78 is 5.13. The van der Waals surface area contributed by atoms with Crippen LogP contribution in [0.4, 0.5) is 4.79 Å². The van der Waals surface area contributed by atoms with Crippen molar-refractivity contribution >= 4 is 6.09 Å². The molecule has 4 nitrogen and oxygen atoms in total. The first-order valence-corrected chi connectivity index (χ1v) is 7.07. The highest BCUT2D eigenvalue weighted by Gasteiger charge is 2.15. The fourth-order valence-electron chi connectivity index (χ4n) is 1.68. The molecular weight excluding hydrogens is 266 g/mol. The Hall–Kier alpha value is -1.99. The highest BCUT2D eigenvalue weighted by molar-refractivity contribution is 5.67. The topological polar surface area (TPSA) is 58.6 Å². The van der Waals surface area contributed by atoms with Gasteiger partial charge >= 0.3 is 6.09 Å². The van der Waals surface area contributed by atoms with E-state index < -0.39 is 11.7 Å². The second-order valence-corrected chi connectivity index (χ2v) is 5.61. The largest absolute Gasteiger partial charge is 0.444 e. The summed E-state index contributed by atoms with van der Waals surface area (Å²) in [7, 11) is 0. The van der Waals surface area contributed by atoms with E-state index in [2.05, 4.69) is 17.2 Å². The van der Waals surface area contributed by atoms with E-state index in [0.29, 0.717) is 19.4 Å². The van der Waals surface area contributed by atoms with Gasteiger partial charge in [0.05, 0.1) is 0 Å². The van der Waals surface area contributed by atoms with Gasteiger partial charge in [-0.15, -0.1) is 0 Å². The minimum atomic E-state index is -0.487. The van der Waals surface area contributed by atoms with Crippen molar-refractivity contribution in [2.24, 2.45) is 0 Å². The van der Waals surface area contributed by atoms with Crippen molar-refractivity contribution in [3.05, 3.63) is 35.4 Å². The number of aliphatic hydroxyl groups excluding tert-OH is 1. The predicted molar refractivity (Wildman–Crippen MR) is 83.0 cm³/mol. The molecule has 0 atom stereocenters. The van der Waals surface area contributed by atoms with Crippen LogP contribution in [0.1, 0.15) is 38.3 Å². The fraction of sp³-hybridized carbons (Fsp3) is 0.471. The zero-order chi connectivity index (χ0) is 15.7. The Bertz CT molecular complexity index is 521. The number of ether oxygens (including phenoxy) is 1. The maximum atomic E-state index is 11.4. The molecule has 1 aromatic carbocycles. The van der Waals surface area contributed by atoms with E-state index >= 15 is 0 Å². The molecule has 0 saturated carbocycles. The third-order valence-corrected chi connectivity index (χ3v) is 2.54. The number of hydrogen-bond acceptors (Lipinski definition) is 3. The fourth-order valence-corrected chi connectivity index (χ4v) is 1.68. The summed E-state index contributed by atoms with van der Waals surface area (Å²) in [5, 5.41) is 11.7. The zero-order valence-electron chi connectivity index (χ0n) is 12.9. The van der Waals surface area contributed by atoms with Crippen LogP contribution in [0.3, 0.4) is 0 Å². The molecular formula is C17H23NO3. The maximum Gasteiger partial charge on any atom is 0.407 e. The molecule has 1 aromatic rings. The summed E-state index contributed by atoms with van der Waals surface area (Å²) in [5.74, 6) is 6.08. The molecule has 4 heteroatoms. The summed E-state index contributed by atoms with van der Waals surface area (Å²) in [6.07, 6.45) is 0.721. The Kier molecular flexibility index (Phi) is 6.77. The molecule has 0 unspecified atom stereocenters. The molecule has 0 aliphatic rings. The van der Waals surface area contributed by atoms with Gasteiger partial charge in [-0.05, 0) is 38.8 Å². The number of benzene rings is 1. The van der Waals surface area contributed by atoms with E-state index in [1.54, 1.807) is 0 Å². The Balaban J connectivity index is 2.42. The molecule has 1 rings (SSSR count). The monoisotopic (exact) mass is 289 g/mol. The molecule has 0 spiro atoms. The lowest BCUT2D eigenvalue weighted by Gasteiger charge is -2.19. The van der Waals surface area contributed by atoms with Crippen LogP contribution in [0.5, 0.6) is 0 Å². The van der Waals surface area contributed by atoms with E-state index in [0.717, 1.165) is 11.1 Å². The number of nitrogens with one attached hydrogen (secondary N) is 1. The van der Waals surface area contributed by atoms with E-state index in [-0.39, 0.29) is 6.61 Å². The molecule has 0 heterocycles. The molecule has 0 fully saturated rings. The molecule has 0 bridgehead atoms. The first-order valence-electron chi connectivity index (χ1n) is 7.07. The van der Waals surface area contributed by atoms with Crippen LogP contribution in [0.15, 0.2) is 24.3 Å². The average molecular weight is 289 g/mol. The summed E-state index contributed by atoms with van der Waals surface area (Å²) in [6.45, 7) is 6.03. The maximum absolute atomic E-state index is 11.4. The highest BCUT2D eigenvalue weighted by Crippen LogP contribution is 2.08. The number of hydrogen-bond donors (Lipinski definition) is 2. The summed E-state index contributed by atoms with van der Waals surface area (Å²) in [5.41, 5.74) is 1.47. The molecule has 0 saturated heterocycles. The first kappa shape index (κ1) is 17.1. The van der Waals surface area contributed by atoms with Gasteiger partial charge in [0, 0.05) is 25.1 Å². The quantitative estimate of drug-likeness (QED) is 0.661. The predicted octanol–water partition coefficient (Wildman–Crippen LogP) is 2.49. The summed E-state index contributed by atoms with van der Waals surface area (Å²) in [6, 6.07) is 7.74. The normalized spacial score (nSPS) is 10.5. The molecule has 0 radical (unpaired) electrons. The Morgan fingerprint density at radius 2 is 2.05 bits per heavy atom. The third-order valence-electron chi connectivity index (χ3n) is 2.54. The zero-order valence-corrected chi connectivity index (χ0v) is 12.9. The molecule has 0 aliphatic heterocycles. The number of aliphatic hydroxyl groups is 1. The van der Waals surface area contributed by atoms with Gasteiger partial charge in [0.2, 0.25) is 0 Å². The average Bonchev–Trinajstić information content (AvgIpc) is 2.38. The number of alkyl carbamates (subject to hydrolysis) is 1. The summed E-state index contributed by atoms with van der Waals surface area (Å²) >= 11 is 0. The van der Waals surface area contributed by atoms with Crippen LogP contribution in [0.2, 0.25) is 0 Å². The van der Waals surface area contributed by atoms with E-state index in [4.69, 9.17) is 9.84 Å². The van der Waals surface area contributed by atoms with Crippen molar-refractivity contribution in [2.75, 3.05) is 13.2 Å². The van der Waals surface area contributed by atoms with Crippen molar-refractivity contribution in [2.45, 2.75) is 39.2 Å². The number of rotatable bonds is 4. The Morgan fingerprint density at radius 3 is 2.71 bits per heavy atom. The van der Waals surface area contributed by atoms with Crippen molar-refractivity contribution in [3.8, 4) is 11.8 Å². The van der Waals surface area contributed by atoms with Gasteiger partial charge in [-0.25, -0.2) is 4.79 Å². The van der Waals surface area contributed by atoms with Crippen LogP contribution in [0, 0.1) is 11.8 Å². The van der Waals surface area contributed by atoms with Crippen LogP contribution in [-0.2, 0) is 11.2 Å². The van der Waals surface area contributed by atoms with Gasteiger partial charge in [0.1, 0.15) is 5.60 Å². The van der Waals surface area contributed by atoms with E-state index in [9.17, 15) is 4.79 Å². The van der Waals surface area contributed by atoms with Gasteiger partial charge in [-0.1, -0.05) is 30.0 Å². The second-order valence-electron chi connectivity index (χ2n) is 5.61. The molecule has 2 N–H and O–H groups in total. The molecule has 114 valence electrons. The van der Waals surface area contributed by atoms with Gasteiger partial charge < -0.3 is 15.2 Å². The third kappa shape index (κ3) is 7.38. The van der Waals surface area contributed by atoms with E-state index in [1.165, 1.54) is 0 Å². The highest BCUT2D eigenvalue weighted by atomic mass is 16.6. The van der Waals surface area contributed by atoms with Gasteiger partial charge in [0.25, 0.3) is 0 Å². The van der Waals surface area contributed by atoms with Crippen LogP contribution < -0.4 is 5.32 Å². The summed E-state index contributed by atoms with van der Waals surface area (Å²) in [4.78, 5) is 11.4. The standard InChI is InChI=1S/C17H23NO3/c1-17(2,3)21-16(20)18-12-7-6-10-14-8-4-5-9-15(14)11-13-19/h4-5,8-9,19H,7,11-13H2,1-3H3,(H,18,20). The lowest BCUT2D eigenvalue weighted by molar-refractivity contribution is 0.0529. The van der Waals surface area contributed by atoms with E-state index in [1.807, 2.05) is 45.0 Å². The second kappa shape index (κ2) is 8.33. The van der Waals surface area contributed by atoms with Crippen LogP contribution in [-0.4, -0.2) is 30.0 Å². The number of amides is 1. The molecule has 0 aliphatic carbocycles. The number of carbonyl (C=O) groups is 1. The van der Waals surface area contributed by atoms with Gasteiger partial charge in [0.15, 0.2) is 0 Å². The molecule has 1 amide bonds. The van der Waals surface area contributed by atoms with Crippen LogP contribution in [0.25, 0.3) is 0 Å². The molecule has 21 heavy (non-hydrogen) atoms. The molecule has 0 aromatic heterocycles. The first-order chi connectivity index (χ1) is 9.92. The Labute approximate surface area is 126 Å². The smallest absolute Gasteiger partial charge is 0.407 e. The van der Waals surface area contributed by atoms with Crippen molar-refractivity contribution < 1.29 is 14.6 Å². The van der Waals surface area contributed by atoms with Crippen LogP contribution >= 0.6 is 0 Å². The SMILES string of the molecule is CC(C)(C)OC(=O)NCCC#Cc1ccccc1CCO. The Morgan fingerprint density at radius 1 is 1.33 bits per heavy atom. The lowest BCUT2D eigenvalue weighted by atomic mass is 10.1. The van der Waals surface area contributed by atoms with Crippen molar-refractivity contribution in [3.63, 3.8) is 0 Å². The van der Waals surface area contributed by atoms with Crippen molar-refractivity contribution in [1.29, 1.82) is 0 Å². The number of carbonyl (C=O) groups excluding carboxylic acids is 1. The minimum Gasteiger partial charge on any atom is -0.444 e. The van der Waals surface area contributed by atoms with Gasteiger partial charge in [-0.2, -0.15) is 0 Å². The lowest BCUT2D eigenvalue weighted by Crippen LogP contribution is -2.32. The van der Waals surface area contributed by atoms with Gasteiger partial charge in [-0.3, -0.25) is 0 Å². The van der Waals surface area contributed by atoms with Crippen molar-refractivity contribution in [1.82, 2.24) is 5.32 Å². The minimum absolute atomic E-state index is 0.110.